The van der Waals surface area contributed by atoms with Crippen molar-refractivity contribution in [3.63, 3.8) is 0 Å². The molecule has 2 atom stereocenters. The van der Waals surface area contributed by atoms with Gasteiger partial charge in [-0.3, -0.25) is 4.90 Å². The molecule has 0 spiro atoms. The molecule has 0 amide bonds. The van der Waals surface area contributed by atoms with Gasteiger partial charge in [0.1, 0.15) is 5.82 Å². The normalized spacial score (nSPS) is 24.3. The van der Waals surface area contributed by atoms with Gasteiger partial charge in [-0.15, -0.1) is 0 Å². The maximum Gasteiger partial charge on any atom is 0.204 e. The van der Waals surface area contributed by atoms with Gasteiger partial charge in [0.05, 0.1) is 12.2 Å². The van der Waals surface area contributed by atoms with Crippen LogP contribution in [0.25, 0.3) is 0 Å². The minimum atomic E-state index is 0.332. The molecule has 1 aliphatic rings. The van der Waals surface area contributed by atoms with Crippen molar-refractivity contribution < 1.29 is 4.74 Å². The third-order valence-corrected chi connectivity index (χ3v) is 4.37. The van der Waals surface area contributed by atoms with Gasteiger partial charge in [-0.2, -0.15) is 4.37 Å². The molecule has 0 aromatic carbocycles. The van der Waals surface area contributed by atoms with Crippen molar-refractivity contribution in [1.29, 1.82) is 0 Å². The Morgan fingerprint density at radius 3 is 2.55 bits per heavy atom. The zero-order valence-corrected chi connectivity index (χ0v) is 14.0. The van der Waals surface area contributed by atoms with Gasteiger partial charge in [-0.05, 0) is 13.8 Å². The molecule has 114 valence electrons. The summed E-state index contributed by atoms with van der Waals surface area (Å²) in [5, 5.41) is 1.02. The standard InChI is InChI=1S/C14H26N4OS/c1-10(2)13-15-14(20-16-13)17(5)6-7-18-8-11(3)19-12(4)9-18/h10-12H,6-9H2,1-5H3/t11-,12+. The van der Waals surface area contributed by atoms with E-state index in [0.29, 0.717) is 18.1 Å². The third-order valence-electron chi connectivity index (χ3n) is 3.52. The molecular formula is C14H26N4OS. The van der Waals surface area contributed by atoms with Crippen LogP contribution in [0.1, 0.15) is 39.4 Å². The fraction of sp³-hybridized carbons (Fsp3) is 0.857. The maximum atomic E-state index is 5.76. The molecular weight excluding hydrogens is 272 g/mol. The number of rotatable bonds is 5. The zero-order chi connectivity index (χ0) is 14.7. The van der Waals surface area contributed by atoms with Crippen LogP contribution >= 0.6 is 11.5 Å². The van der Waals surface area contributed by atoms with Crippen LogP contribution in [0.3, 0.4) is 0 Å². The van der Waals surface area contributed by atoms with E-state index in [-0.39, 0.29) is 0 Å². The number of anilines is 1. The lowest BCUT2D eigenvalue weighted by atomic mass is 10.2. The van der Waals surface area contributed by atoms with Crippen molar-refractivity contribution in [2.24, 2.45) is 0 Å². The molecule has 0 aliphatic carbocycles. The fourth-order valence-electron chi connectivity index (χ4n) is 2.47. The molecule has 0 N–H and O–H groups in total. The number of hydrogen-bond acceptors (Lipinski definition) is 6. The summed E-state index contributed by atoms with van der Waals surface area (Å²) in [6.07, 6.45) is 0.663. The second kappa shape index (κ2) is 6.83. The van der Waals surface area contributed by atoms with Crippen LogP contribution in [0.4, 0.5) is 5.13 Å². The lowest BCUT2D eigenvalue weighted by Crippen LogP contribution is -2.47. The monoisotopic (exact) mass is 298 g/mol. The van der Waals surface area contributed by atoms with Crippen molar-refractivity contribution in [2.45, 2.75) is 45.8 Å². The predicted molar refractivity (Wildman–Crippen MR) is 83.7 cm³/mol. The van der Waals surface area contributed by atoms with Gasteiger partial charge in [0.2, 0.25) is 5.13 Å². The molecule has 1 aromatic rings. The van der Waals surface area contributed by atoms with Crippen LogP contribution in [-0.2, 0) is 4.74 Å². The molecule has 1 saturated heterocycles. The first-order chi connectivity index (χ1) is 9.45. The molecule has 0 radical (unpaired) electrons. The molecule has 0 saturated carbocycles. The Morgan fingerprint density at radius 2 is 2.00 bits per heavy atom. The average Bonchev–Trinajstić information content (AvgIpc) is 2.84. The van der Waals surface area contributed by atoms with Gasteiger partial charge in [0, 0.05) is 50.7 Å². The van der Waals surface area contributed by atoms with Crippen LogP contribution < -0.4 is 4.90 Å². The van der Waals surface area contributed by atoms with Crippen molar-refractivity contribution in [2.75, 3.05) is 38.1 Å². The average molecular weight is 298 g/mol. The lowest BCUT2D eigenvalue weighted by Gasteiger charge is -2.36. The quantitative estimate of drug-likeness (QED) is 0.833. The summed E-state index contributed by atoms with van der Waals surface area (Å²) in [7, 11) is 2.10. The highest BCUT2D eigenvalue weighted by molar-refractivity contribution is 7.09. The Bertz CT molecular complexity index is 413. The molecule has 1 aliphatic heterocycles. The topological polar surface area (TPSA) is 41.5 Å². The molecule has 1 aromatic heterocycles. The molecule has 6 heteroatoms. The van der Waals surface area contributed by atoms with E-state index in [0.717, 1.165) is 37.1 Å². The Hall–Kier alpha value is -0.720. The summed E-state index contributed by atoms with van der Waals surface area (Å²) in [5.41, 5.74) is 0. The van der Waals surface area contributed by atoms with E-state index in [9.17, 15) is 0 Å². The number of hydrogen-bond donors (Lipinski definition) is 0. The Morgan fingerprint density at radius 1 is 1.35 bits per heavy atom. The van der Waals surface area contributed by atoms with Gasteiger partial charge < -0.3 is 9.64 Å². The largest absolute Gasteiger partial charge is 0.373 e. The van der Waals surface area contributed by atoms with Gasteiger partial charge in [-0.25, -0.2) is 4.98 Å². The Kier molecular flexibility index (Phi) is 5.35. The first kappa shape index (κ1) is 15.7. The van der Waals surface area contributed by atoms with Crippen molar-refractivity contribution in [3.8, 4) is 0 Å². The summed E-state index contributed by atoms with van der Waals surface area (Å²) in [5.74, 6) is 1.35. The van der Waals surface area contributed by atoms with Crippen LogP contribution in [0.5, 0.6) is 0 Å². The number of morpholine rings is 1. The number of aromatic nitrogens is 2. The maximum absolute atomic E-state index is 5.76. The lowest BCUT2D eigenvalue weighted by molar-refractivity contribution is -0.0670. The van der Waals surface area contributed by atoms with E-state index >= 15 is 0 Å². The Balaban J connectivity index is 1.83. The van der Waals surface area contributed by atoms with E-state index in [2.05, 4.69) is 53.9 Å². The third kappa shape index (κ3) is 4.14. The number of ether oxygens (including phenoxy) is 1. The van der Waals surface area contributed by atoms with Crippen LogP contribution in [0, 0.1) is 0 Å². The number of nitrogens with zero attached hydrogens (tertiary/aromatic N) is 4. The summed E-state index contributed by atoms with van der Waals surface area (Å²) in [6.45, 7) is 12.6. The van der Waals surface area contributed by atoms with E-state index in [1.54, 1.807) is 0 Å². The summed E-state index contributed by atoms with van der Waals surface area (Å²) in [4.78, 5) is 9.27. The van der Waals surface area contributed by atoms with E-state index < -0.39 is 0 Å². The SMILES string of the molecule is CC(C)c1nsc(N(C)CCN2C[C@@H](C)O[C@@H](C)C2)n1. The number of likely N-dealkylation sites (N-methyl/N-ethyl adjacent to an activating group) is 1. The first-order valence-electron chi connectivity index (χ1n) is 7.38. The van der Waals surface area contributed by atoms with Gasteiger partial charge in [0.15, 0.2) is 0 Å². The smallest absolute Gasteiger partial charge is 0.204 e. The van der Waals surface area contributed by atoms with E-state index in [1.165, 1.54) is 11.5 Å². The molecule has 20 heavy (non-hydrogen) atoms. The van der Waals surface area contributed by atoms with Gasteiger partial charge >= 0.3 is 0 Å². The minimum absolute atomic E-state index is 0.332. The van der Waals surface area contributed by atoms with Crippen molar-refractivity contribution in [3.05, 3.63) is 5.82 Å². The molecule has 2 heterocycles. The van der Waals surface area contributed by atoms with Crippen LogP contribution in [-0.4, -0.2) is 59.7 Å². The minimum Gasteiger partial charge on any atom is -0.373 e. The van der Waals surface area contributed by atoms with Crippen LogP contribution in [0.2, 0.25) is 0 Å². The highest BCUT2D eigenvalue weighted by atomic mass is 32.1. The fourth-order valence-corrected chi connectivity index (χ4v) is 3.26. The molecule has 5 nitrogen and oxygen atoms in total. The second-order valence-electron chi connectivity index (χ2n) is 6.03. The predicted octanol–water partition coefficient (Wildman–Crippen LogP) is 2.21. The second-order valence-corrected chi connectivity index (χ2v) is 6.76. The summed E-state index contributed by atoms with van der Waals surface area (Å²) >= 11 is 1.50. The highest BCUT2D eigenvalue weighted by Crippen LogP contribution is 2.20. The van der Waals surface area contributed by atoms with Crippen molar-refractivity contribution >= 4 is 16.7 Å². The van der Waals surface area contributed by atoms with Crippen molar-refractivity contribution in [1.82, 2.24) is 14.3 Å². The molecule has 0 unspecified atom stereocenters. The molecule has 2 rings (SSSR count). The van der Waals surface area contributed by atoms with E-state index in [1.807, 2.05) is 0 Å². The summed E-state index contributed by atoms with van der Waals surface area (Å²) < 4.78 is 10.2. The summed E-state index contributed by atoms with van der Waals surface area (Å²) in [6, 6.07) is 0. The van der Waals surface area contributed by atoms with Crippen LogP contribution in [0.15, 0.2) is 0 Å². The highest BCUT2D eigenvalue weighted by Gasteiger charge is 2.22. The first-order valence-corrected chi connectivity index (χ1v) is 8.15. The van der Waals surface area contributed by atoms with Gasteiger partial charge in [0.25, 0.3) is 0 Å². The Labute approximate surface area is 126 Å². The van der Waals surface area contributed by atoms with E-state index in [4.69, 9.17) is 4.74 Å². The van der Waals surface area contributed by atoms with Gasteiger partial charge in [-0.1, -0.05) is 13.8 Å². The molecule has 1 fully saturated rings. The molecule has 0 bridgehead atoms. The zero-order valence-electron chi connectivity index (χ0n) is 13.2.